The fraction of sp³-hybridized carbons (Fsp3) is 0. The van der Waals surface area contributed by atoms with Crippen molar-refractivity contribution in [1.82, 2.24) is 5.43 Å². The molecule has 3 N–H and O–H groups in total. The first-order valence-corrected chi connectivity index (χ1v) is 3.29. The van der Waals surface area contributed by atoms with Gasteiger partial charge in [0.05, 0.1) is 0 Å². The SMILES string of the molecule is Clc1ccccc1.NNC=O. The molecule has 0 atom stereocenters. The summed E-state index contributed by atoms with van der Waals surface area (Å²) in [6.45, 7) is 0. The molecule has 0 fully saturated rings. The molecule has 0 aliphatic rings. The predicted octanol–water partition coefficient (Wildman–Crippen LogP) is 0.946. The Morgan fingerprint density at radius 3 is 2.00 bits per heavy atom. The first-order chi connectivity index (χ1) is 5.31. The number of hydrogen-bond donors (Lipinski definition) is 2. The quantitative estimate of drug-likeness (QED) is 0.287. The van der Waals surface area contributed by atoms with E-state index in [1.165, 1.54) is 0 Å². The normalized spacial score (nSPS) is 7.45. The number of nitrogens with two attached hydrogens (primary N) is 1. The molecule has 0 aromatic heterocycles. The van der Waals surface area contributed by atoms with Crippen LogP contribution >= 0.6 is 11.6 Å². The van der Waals surface area contributed by atoms with Gasteiger partial charge < -0.3 is 0 Å². The van der Waals surface area contributed by atoms with E-state index in [9.17, 15) is 0 Å². The summed E-state index contributed by atoms with van der Waals surface area (Å²) in [5, 5.41) is 0.794. The number of hydrazine groups is 1. The molecule has 3 nitrogen and oxygen atoms in total. The Bertz CT molecular complexity index is 191. The van der Waals surface area contributed by atoms with Crippen molar-refractivity contribution < 1.29 is 4.79 Å². The van der Waals surface area contributed by atoms with Gasteiger partial charge in [0.1, 0.15) is 0 Å². The van der Waals surface area contributed by atoms with Crippen LogP contribution in [0.1, 0.15) is 0 Å². The van der Waals surface area contributed by atoms with Gasteiger partial charge in [0.2, 0.25) is 6.41 Å². The summed E-state index contributed by atoms with van der Waals surface area (Å²) in [4.78, 5) is 8.94. The lowest BCUT2D eigenvalue weighted by atomic mass is 10.4. The van der Waals surface area contributed by atoms with Crippen molar-refractivity contribution in [1.29, 1.82) is 0 Å². The summed E-state index contributed by atoms with van der Waals surface area (Å²) in [6, 6.07) is 9.44. The van der Waals surface area contributed by atoms with E-state index in [0.717, 1.165) is 5.02 Å². The highest BCUT2D eigenvalue weighted by Gasteiger charge is 1.74. The van der Waals surface area contributed by atoms with Crippen LogP contribution in [0.25, 0.3) is 0 Å². The van der Waals surface area contributed by atoms with Gasteiger partial charge in [0.25, 0.3) is 0 Å². The topological polar surface area (TPSA) is 55.1 Å². The van der Waals surface area contributed by atoms with Gasteiger partial charge in [-0.1, -0.05) is 29.8 Å². The maximum atomic E-state index is 8.94. The second kappa shape index (κ2) is 7.05. The highest BCUT2D eigenvalue weighted by Crippen LogP contribution is 2.03. The van der Waals surface area contributed by atoms with Crippen LogP contribution in [0, 0.1) is 0 Å². The van der Waals surface area contributed by atoms with Crippen molar-refractivity contribution in [3.63, 3.8) is 0 Å². The number of hydrogen-bond acceptors (Lipinski definition) is 2. The Hall–Kier alpha value is -1.06. The van der Waals surface area contributed by atoms with Crippen LogP contribution in [0.15, 0.2) is 30.3 Å². The molecule has 0 aliphatic carbocycles. The van der Waals surface area contributed by atoms with Crippen molar-refractivity contribution in [2.75, 3.05) is 0 Å². The molecule has 0 spiro atoms. The van der Waals surface area contributed by atoms with Gasteiger partial charge >= 0.3 is 0 Å². The van der Waals surface area contributed by atoms with E-state index in [4.69, 9.17) is 16.4 Å². The zero-order valence-electron chi connectivity index (χ0n) is 5.83. The van der Waals surface area contributed by atoms with E-state index in [-0.39, 0.29) is 0 Å². The fourth-order valence-electron chi connectivity index (χ4n) is 0.415. The predicted molar refractivity (Wildman–Crippen MR) is 44.8 cm³/mol. The highest BCUT2D eigenvalue weighted by molar-refractivity contribution is 6.30. The number of carbonyl (C=O) groups is 1. The smallest absolute Gasteiger partial charge is 0.221 e. The molecule has 0 unspecified atom stereocenters. The third-order valence-electron chi connectivity index (χ3n) is 0.801. The Kier molecular flexibility index (Phi) is 6.37. The van der Waals surface area contributed by atoms with Gasteiger partial charge in [0.15, 0.2) is 0 Å². The van der Waals surface area contributed by atoms with E-state index in [1.54, 1.807) is 5.43 Å². The Morgan fingerprint density at radius 1 is 1.36 bits per heavy atom. The first kappa shape index (κ1) is 9.94. The third-order valence-corrected chi connectivity index (χ3v) is 1.05. The summed E-state index contributed by atoms with van der Waals surface area (Å²) >= 11 is 5.54. The van der Waals surface area contributed by atoms with Crippen LogP contribution in [0.2, 0.25) is 5.02 Å². The van der Waals surface area contributed by atoms with Crippen LogP contribution in [-0.2, 0) is 4.79 Å². The molecule has 4 heteroatoms. The van der Waals surface area contributed by atoms with Crippen LogP contribution in [0.5, 0.6) is 0 Å². The van der Waals surface area contributed by atoms with E-state index < -0.39 is 0 Å². The number of nitrogens with one attached hydrogen (secondary N) is 1. The Morgan fingerprint density at radius 2 is 1.82 bits per heavy atom. The molecular weight excluding hydrogens is 164 g/mol. The molecule has 0 saturated carbocycles. The Labute approximate surface area is 70.1 Å². The zero-order valence-corrected chi connectivity index (χ0v) is 6.58. The number of benzene rings is 1. The second-order valence-corrected chi connectivity index (χ2v) is 2.02. The van der Waals surface area contributed by atoms with E-state index in [1.807, 2.05) is 30.3 Å². The first-order valence-electron chi connectivity index (χ1n) is 2.91. The number of rotatable bonds is 1. The van der Waals surface area contributed by atoms with Crippen molar-refractivity contribution in [2.24, 2.45) is 5.84 Å². The summed E-state index contributed by atoms with van der Waals surface area (Å²) in [6.07, 6.45) is 0.403. The molecule has 1 aromatic rings. The van der Waals surface area contributed by atoms with Gasteiger partial charge in [-0.3, -0.25) is 10.2 Å². The average Bonchev–Trinajstić information content (AvgIpc) is 2.07. The van der Waals surface area contributed by atoms with Crippen LogP contribution in [0.3, 0.4) is 0 Å². The van der Waals surface area contributed by atoms with Crippen LogP contribution in [0.4, 0.5) is 0 Å². The minimum absolute atomic E-state index is 0.403. The lowest BCUT2D eigenvalue weighted by molar-refractivity contribution is -0.109. The average molecular weight is 173 g/mol. The molecule has 1 aromatic carbocycles. The van der Waals surface area contributed by atoms with Crippen LogP contribution in [-0.4, -0.2) is 6.41 Å². The van der Waals surface area contributed by atoms with Crippen molar-refractivity contribution in [2.45, 2.75) is 0 Å². The maximum Gasteiger partial charge on any atom is 0.221 e. The third kappa shape index (κ3) is 6.83. The lowest BCUT2D eigenvalue weighted by Gasteiger charge is -1.80. The summed E-state index contributed by atoms with van der Waals surface area (Å²) < 4.78 is 0. The van der Waals surface area contributed by atoms with Gasteiger partial charge in [-0.25, -0.2) is 5.84 Å². The molecule has 0 radical (unpaired) electrons. The van der Waals surface area contributed by atoms with Crippen LogP contribution < -0.4 is 11.3 Å². The van der Waals surface area contributed by atoms with E-state index in [0.29, 0.717) is 6.41 Å². The Balaban J connectivity index is 0.000000218. The van der Waals surface area contributed by atoms with E-state index >= 15 is 0 Å². The number of halogens is 1. The summed E-state index contributed by atoms with van der Waals surface area (Å²) in [5.74, 6) is 4.41. The minimum atomic E-state index is 0.403. The van der Waals surface area contributed by atoms with Gasteiger partial charge in [-0.05, 0) is 12.1 Å². The molecule has 0 aliphatic heterocycles. The summed E-state index contributed by atoms with van der Waals surface area (Å²) in [5.41, 5.74) is 1.75. The molecule has 1 rings (SSSR count). The van der Waals surface area contributed by atoms with E-state index in [2.05, 4.69) is 5.84 Å². The standard InChI is InChI=1S/C6H5Cl.CH4N2O/c7-6-4-2-1-3-5-6;2-3-1-4/h1-5H;1H,2H2,(H,3,4). The molecule has 1 amide bonds. The highest BCUT2D eigenvalue weighted by atomic mass is 35.5. The molecule has 0 saturated heterocycles. The number of carbonyl (C=O) groups excluding carboxylic acids is 1. The molecule has 0 heterocycles. The zero-order chi connectivity index (χ0) is 8.53. The minimum Gasteiger partial charge on any atom is -0.297 e. The molecule has 11 heavy (non-hydrogen) atoms. The monoisotopic (exact) mass is 172 g/mol. The lowest BCUT2D eigenvalue weighted by Crippen LogP contribution is -2.18. The van der Waals surface area contributed by atoms with Crippen molar-refractivity contribution in [3.8, 4) is 0 Å². The van der Waals surface area contributed by atoms with Crippen molar-refractivity contribution >= 4 is 18.0 Å². The molecule has 0 bridgehead atoms. The second-order valence-electron chi connectivity index (χ2n) is 1.58. The van der Waals surface area contributed by atoms with Gasteiger partial charge in [0, 0.05) is 5.02 Å². The van der Waals surface area contributed by atoms with Crippen molar-refractivity contribution in [3.05, 3.63) is 35.4 Å². The number of amides is 1. The maximum absolute atomic E-state index is 8.94. The molecular formula is C7H9ClN2O. The molecule has 60 valence electrons. The summed E-state index contributed by atoms with van der Waals surface area (Å²) in [7, 11) is 0. The fourth-order valence-corrected chi connectivity index (χ4v) is 0.560. The van der Waals surface area contributed by atoms with Gasteiger partial charge in [-0.2, -0.15) is 0 Å². The van der Waals surface area contributed by atoms with Gasteiger partial charge in [-0.15, -0.1) is 0 Å². The largest absolute Gasteiger partial charge is 0.297 e.